The van der Waals surface area contributed by atoms with E-state index in [0.717, 1.165) is 24.4 Å². The molecular weight excluding hydrogens is 238 g/mol. The lowest BCUT2D eigenvalue weighted by molar-refractivity contribution is 0.377. The number of furan rings is 1. The van der Waals surface area contributed by atoms with Crippen LogP contribution in [0.2, 0.25) is 0 Å². The van der Waals surface area contributed by atoms with Crippen LogP contribution in [0.3, 0.4) is 0 Å². The molecule has 0 radical (unpaired) electrons. The molecule has 0 bridgehead atoms. The van der Waals surface area contributed by atoms with E-state index in [2.05, 4.69) is 11.5 Å². The van der Waals surface area contributed by atoms with E-state index in [1.165, 1.54) is 24.2 Å². The number of hydrogen-bond donors (Lipinski definition) is 1. The van der Waals surface area contributed by atoms with E-state index in [0.29, 0.717) is 0 Å². The maximum atomic E-state index is 6.21. The molecule has 19 heavy (non-hydrogen) atoms. The van der Waals surface area contributed by atoms with Crippen molar-refractivity contribution in [2.75, 3.05) is 0 Å². The molecule has 0 saturated carbocycles. The number of nitrogens with two attached hydrogens (primary N) is 1. The van der Waals surface area contributed by atoms with Gasteiger partial charge >= 0.3 is 0 Å². The van der Waals surface area contributed by atoms with E-state index in [-0.39, 0.29) is 12.1 Å². The normalized spacial score (nSPS) is 18.1. The third kappa shape index (κ3) is 2.10. The molecule has 2 unspecified atom stereocenters. The summed E-state index contributed by atoms with van der Waals surface area (Å²) < 4.78 is 7.89. The predicted molar refractivity (Wildman–Crippen MR) is 74.1 cm³/mol. The number of aryl methyl sites for hydroxylation is 2. The van der Waals surface area contributed by atoms with Gasteiger partial charge in [0.05, 0.1) is 12.0 Å². The van der Waals surface area contributed by atoms with Crippen LogP contribution in [0.4, 0.5) is 0 Å². The minimum Gasteiger partial charge on any atom is -0.467 e. The molecule has 0 amide bonds. The third-order valence-electron chi connectivity index (χ3n) is 3.96. The summed E-state index contributed by atoms with van der Waals surface area (Å²) >= 11 is 0. The highest BCUT2D eigenvalue weighted by Gasteiger charge is 2.28. The Kier molecular flexibility index (Phi) is 3.19. The second kappa shape index (κ2) is 4.85. The molecule has 0 aromatic carbocycles. The third-order valence-corrected chi connectivity index (χ3v) is 3.96. The molecular formula is C15H21N3O. The molecule has 4 nitrogen and oxygen atoms in total. The summed E-state index contributed by atoms with van der Waals surface area (Å²) in [6.07, 6.45) is 6.38. The quantitative estimate of drug-likeness (QED) is 0.921. The van der Waals surface area contributed by atoms with E-state index >= 15 is 0 Å². The average Bonchev–Trinajstić information content (AvgIpc) is 2.99. The van der Waals surface area contributed by atoms with Crippen molar-refractivity contribution in [2.24, 2.45) is 5.73 Å². The molecule has 2 N–H and O–H groups in total. The van der Waals surface area contributed by atoms with Crippen LogP contribution < -0.4 is 5.73 Å². The van der Waals surface area contributed by atoms with Gasteiger partial charge in [0.15, 0.2) is 0 Å². The van der Waals surface area contributed by atoms with Gasteiger partial charge in [-0.25, -0.2) is 4.98 Å². The molecule has 3 rings (SSSR count). The fourth-order valence-corrected chi connectivity index (χ4v) is 3.15. The Morgan fingerprint density at radius 1 is 1.37 bits per heavy atom. The van der Waals surface area contributed by atoms with Gasteiger partial charge in [-0.15, -0.1) is 0 Å². The van der Waals surface area contributed by atoms with Crippen molar-refractivity contribution < 1.29 is 4.42 Å². The lowest BCUT2D eigenvalue weighted by Crippen LogP contribution is -2.32. The van der Waals surface area contributed by atoms with Gasteiger partial charge in [-0.2, -0.15) is 0 Å². The summed E-state index contributed by atoms with van der Waals surface area (Å²) in [6.45, 7) is 4.10. The Balaban J connectivity index is 2.11. The minimum absolute atomic E-state index is 0.00919. The maximum Gasteiger partial charge on any atom is 0.128 e. The zero-order valence-electron chi connectivity index (χ0n) is 11.6. The maximum absolute atomic E-state index is 6.21. The van der Waals surface area contributed by atoms with Gasteiger partial charge in [0.2, 0.25) is 0 Å². The van der Waals surface area contributed by atoms with Crippen molar-refractivity contribution in [2.45, 2.75) is 51.6 Å². The molecule has 4 heteroatoms. The summed E-state index contributed by atoms with van der Waals surface area (Å²) in [4.78, 5) is 4.73. The molecule has 2 heterocycles. The topological polar surface area (TPSA) is 57.0 Å². The van der Waals surface area contributed by atoms with Gasteiger partial charge in [0.25, 0.3) is 0 Å². The van der Waals surface area contributed by atoms with E-state index in [1.54, 1.807) is 6.26 Å². The SMILES string of the molecule is Cc1nc2c(n1C(c1ccco1)C(C)N)CCCC2. The molecule has 2 atom stereocenters. The van der Waals surface area contributed by atoms with Gasteiger partial charge in [0, 0.05) is 11.7 Å². The summed E-state index contributed by atoms with van der Waals surface area (Å²) in [5, 5.41) is 0. The van der Waals surface area contributed by atoms with E-state index < -0.39 is 0 Å². The first-order valence-electron chi connectivity index (χ1n) is 7.04. The van der Waals surface area contributed by atoms with Crippen LogP contribution >= 0.6 is 0 Å². The summed E-state index contributed by atoms with van der Waals surface area (Å²) in [6, 6.07) is 3.96. The van der Waals surface area contributed by atoms with Crippen LogP contribution in [0.5, 0.6) is 0 Å². The van der Waals surface area contributed by atoms with E-state index in [9.17, 15) is 0 Å². The highest BCUT2D eigenvalue weighted by molar-refractivity contribution is 5.24. The van der Waals surface area contributed by atoms with Crippen LogP contribution in [-0.4, -0.2) is 15.6 Å². The highest BCUT2D eigenvalue weighted by Crippen LogP contribution is 2.30. The molecule has 0 aliphatic heterocycles. The van der Waals surface area contributed by atoms with Crippen LogP contribution in [0.1, 0.15) is 48.8 Å². The molecule has 0 saturated heterocycles. The van der Waals surface area contributed by atoms with Crippen LogP contribution in [0, 0.1) is 6.92 Å². The lowest BCUT2D eigenvalue weighted by atomic mass is 9.99. The fourth-order valence-electron chi connectivity index (χ4n) is 3.15. The number of nitrogens with zero attached hydrogens (tertiary/aromatic N) is 2. The predicted octanol–water partition coefficient (Wildman–Crippen LogP) is 2.60. The Morgan fingerprint density at radius 3 is 2.84 bits per heavy atom. The molecule has 0 fully saturated rings. The number of imidazole rings is 1. The second-order valence-corrected chi connectivity index (χ2v) is 5.45. The molecule has 2 aromatic rings. The first kappa shape index (κ1) is 12.5. The van der Waals surface area contributed by atoms with E-state index in [4.69, 9.17) is 15.1 Å². The second-order valence-electron chi connectivity index (χ2n) is 5.45. The monoisotopic (exact) mass is 259 g/mol. The van der Waals surface area contributed by atoms with Crippen molar-refractivity contribution in [1.82, 2.24) is 9.55 Å². The number of fused-ring (bicyclic) bond motifs is 1. The fraction of sp³-hybridized carbons (Fsp3) is 0.533. The first-order chi connectivity index (χ1) is 9.18. The molecule has 0 spiro atoms. The van der Waals surface area contributed by atoms with E-state index in [1.807, 2.05) is 19.1 Å². The number of aromatic nitrogens is 2. The van der Waals surface area contributed by atoms with Crippen molar-refractivity contribution >= 4 is 0 Å². The molecule has 102 valence electrons. The van der Waals surface area contributed by atoms with Crippen LogP contribution in [-0.2, 0) is 12.8 Å². The Labute approximate surface area is 113 Å². The zero-order valence-corrected chi connectivity index (χ0v) is 11.6. The van der Waals surface area contributed by atoms with Gasteiger partial charge in [-0.1, -0.05) is 0 Å². The largest absolute Gasteiger partial charge is 0.467 e. The Hall–Kier alpha value is -1.55. The Morgan fingerprint density at radius 2 is 2.16 bits per heavy atom. The standard InChI is InChI=1S/C15H21N3O/c1-10(16)15(14-8-5-9-19-14)18-11(2)17-12-6-3-4-7-13(12)18/h5,8-10,15H,3-4,6-7,16H2,1-2H3. The summed E-state index contributed by atoms with van der Waals surface area (Å²) in [5.41, 5.74) is 8.81. The Bertz CT molecular complexity index is 554. The molecule has 1 aliphatic carbocycles. The smallest absolute Gasteiger partial charge is 0.128 e. The molecule has 1 aliphatic rings. The van der Waals surface area contributed by atoms with Crippen molar-refractivity contribution in [1.29, 1.82) is 0 Å². The van der Waals surface area contributed by atoms with Gasteiger partial charge in [0.1, 0.15) is 17.6 Å². The van der Waals surface area contributed by atoms with Gasteiger partial charge in [-0.3, -0.25) is 0 Å². The van der Waals surface area contributed by atoms with Crippen LogP contribution in [0.15, 0.2) is 22.8 Å². The van der Waals surface area contributed by atoms with Gasteiger partial charge < -0.3 is 14.7 Å². The van der Waals surface area contributed by atoms with Crippen LogP contribution in [0.25, 0.3) is 0 Å². The average molecular weight is 259 g/mol. The highest BCUT2D eigenvalue weighted by atomic mass is 16.3. The van der Waals surface area contributed by atoms with Crippen molar-refractivity contribution in [3.05, 3.63) is 41.4 Å². The number of hydrogen-bond acceptors (Lipinski definition) is 3. The van der Waals surface area contributed by atoms with Crippen molar-refractivity contribution in [3.63, 3.8) is 0 Å². The summed E-state index contributed by atoms with van der Waals surface area (Å²) in [7, 11) is 0. The zero-order chi connectivity index (χ0) is 13.4. The molecule has 2 aromatic heterocycles. The first-order valence-corrected chi connectivity index (χ1v) is 7.04. The van der Waals surface area contributed by atoms with Crippen molar-refractivity contribution in [3.8, 4) is 0 Å². The lowest BCUT2D eigenvalue weighted by Gasteiger charge is -2.25. The summed E-state index contributed by atoms with van der Waals surface area (Å²) in [5.74, 6) is 1.97. The minimum atomic E-state index is -0.00919. The number of rotatable bonds is 3. The van der Waals surface area contributed by atoms with Gasteiger partial charge in [-0.05, 0) is 51.7 Å².